The Labute approximate surface area is 183 Å². The summed E-state index contributed by atoms with van der Waals surface area (Å²) in [5, 5.41) is -6.31. The van der Waals surface area contributed by atoms with Crippen molar-refractivity contribution in [2.24, 2.45) is 0 Å². The second-order valence-corrected chi connectivity index (χ2v) is 9.59. The number of benzene rings is 3. The SMILES string of the molecule is O=S(=O)([O-])C(F)(F)C(F)(F)C(F)F.c1ccc([S+](c2ccccc2)c2ccccc2)cc1. The van der Waals surface area contributed by atoms with E-state index in [4.69, 9.17) is 0 Å². The van der Waals surface area contributed by atoms with Crippen LogP contribution in [-0.4, -0.2) is 30.6 Å². The fourth-order valence-electron chi connectivity index (χ4n) is 2.37. The molecule has 3 rings (SSSR count). The Morgan fingerprint density at radius 1 is 0.656 bits per heavy atom. The molecular weight excluding hydrogens is 478 g/mol. The van der Waals surface area contributed by atoms with Gasteiger partial charge in [0.05, 0.1) is 10.9 Å². The van der Waals surface area contributed by atoms with Gasteiger partial charge in [-0.3, -0.25) is 0 Å². The molecule has 3 aromatic rings. The van der Waals surface area contributed by atoms with Gasteiger partial charge in [-0.15, -0.1) is 0 Å². The zero-order valence-electron chi connectivity index (χ0n) is 16.0. The van der Waals surface area contributed by atoms with E-state index < -0.39 is 27.7 Å². The molecule has 0 radical (unpaired) electrons. The molecule has 0 saturated carbocycles. The van der Waals surface area contributed by atoms with Crippen LogP contribution in [0.1, 0.15) is 0 Å². The maximum atomic E-state index is 11.8. The van der Waals surface area contributed by atoms with Gasteiger partial charge < -0.3 is 4.55 Å². The van der Waals surface area contributed by atoms with Gasteiger partial charge in [0.2, 0.25) is 0 Å². The highest BCUT2D eigenvalue weighted by atomic mass is 32.2. The molecule has 0 N–H and O–H groups in total. The van der Waals surface area contributed by atoms with E-state index in [1.54, 1.807) is 0 Å². The van der Waals surface area contributed by atoms with Crippen molar-refractivity contribution < 1.29 is 39.3 Å². The summed E-state index contributed by atoms with van der Waals surface area (Å²) in [5.74, 6) is -6.19. The van der Waals surface area contributed by atoms with Crippen molar-refractivity contribution in [3.8, 4) is 0 Å². The highest BCUT2D eigenvalue weighted by Crippen LogP contribution is 2.42. The molecule has 0 aliphatic rings. The van der Waals surface area contributed by atoms with Gasteiger partial charge in [-0.25, -0.2) is 17.2 Å². The molecule has 11 heteroatoms. The van der Waals surface area contributed by atoms with E-state index >= 15 is 0 Å². The van der Waals surface area contributed by atoms with Crippen LogP contribution in [0.3, 0.4) is 0 Å². The molecule has 0 unspecified atom stereocenters. The Balaban J connectivity index is 0.000000247. The van der Waals surface area contributed by atoms with Crippen LogP contribution in [0, 0.1) is 0 Å². The van der Waals surface area contributed by atoms with Crippen LogP contribution in [0.5, 0.6) is 0 Å². The Morgan fingerprint density at radius 2 is 0.938 bits per heavy atom. The minimum absolute atomic E-state index is 0.0146. The molecule has 0 amide bonds. The van der Waals surface area contributed by atoms with Gasteiger partial charge >= 0.3 is 17.6 Å². The van der Waals surface area contributed by atoms with Crippen LogP contribution in [0.25, 0.3) is 0 Å². The lowest BCUT2D eigenvalue weighted by Crippen LogP contribution is -2.51. The monoisotopic (exact) mass is 494 g/mol. The van der Waals surface area contributed by atoms with Crippen LogP contribution in [0.15, 0.2) is 106 Å². The average Bonchev–Trinajstić information content (AvgIpc) is 2.76. The van der Waals surface area contributed by atoms with Gasteiger partial charge in [-0.2, -0.15) is 17.6 Å². The molecule has 3 nitrogen and oxygen atoms in total. The fourth-order valence-corrected chi connectivity index (χ4v) is 4.90. The zero-order valence-corrected chi connectivity index (χ0v) is 17.7. The number of rotatable bonds is 6. The first-order valence-electron chi connectivity index (χ1n) is 8.78. The normalized spacial score (nSPS) is 12.4. The van der Waals surface area contributed by atoms with Crippen LogP contribution in [-0.2, 0) is 21.0 Å². The van der Waals surface area contributed by atoms with Gasteiger partial charge in [0, 0.05) is 0 Å². The Bertz CT molecular complexity index is 986. The van der Waals surface area contributed by atoms with Gasteiger partial charge in [0.25, 0.3) is 0 Å². The maximum Gasteiger partial charge on any atom is 0.402 e. The lowest BCUT2D eigenvalue weighted by Gasteiger charge is -2.27. The first kappa shape index (κ1) is 25.8. The second-order valence-electron chi connectivity index (χ2n) is 6.14. The summed E-state index contributed by atoms with van der Waals surface area (Å²) < 4.78 is 98.0. The quantitative estimate of drug-likeness (QED) is 0.247. The zero-order chi connectivity index (χ0) is 24.0. The molecule has 32 heavy (non-hydrogen) atoms. The first-order chi connectivity index (χ1) is 14.9. The van der Waals surface area contributed by atoms with E-state index in [0.29, 0.717) is 0 Å². The van der Waals surface area contributed by atoms with E-state index in [1.165, 1.54) is 14.7 Å². The van der Waals surface area contributed by atoms with E-state index in [2.05, 4.69) is 91.0 Å². The van der Waals surface area contributed by atoms with Gasteiger partial charge in [0.1, 0.15) is 0 Å². The molecule has 0 fully saturated rings. The summed E-state index contributed by atoms with van der Waals surface area (Å²) >= 11 is 0. The predicted molar refractivity (Wildman–Crippen MR) is 107 cm³/mol. The molecule has 3 aromatic carbocycles. The van der Waals surface area contributed by atoms with Crippen LogP contribution in [0.2, 0.25) is 0 Å². The topological polar surface area (TPSA) is 57.2 Å². The molecule has 0 aliphatic heterocycles. The molecule has 0 atom stereocenters. The molecule has 0 aromatic heterocycles. The van der Waals surface area contributed by atoms with Crippen LogP contribution < -0.4 is 0 Å². The molecule has 0 bridgehead atoms. The Hall–Kier alpha value is -2.50. The van der Waals surface area contributed by atoms with Crippen molar-refractivity contribution >= 4 is 21.0 Å². The minimum atomic E-state index is -6.82. The number of hydrogen-bond donors (Lipinski definition) is 0. The molecule has 0 heterocycles. The maximum absolute atomic E-state index is 11.8. The lowest BCUT2D eigenvalue weighted by atomic mass is 10.4. The first-order valence-corrected chi connectivity index (χ1v) is 11.4. The van der Waals surface area contributed by atoms with Gasteiger partial charge in [-0.05, 0) is 36.4 Å². The van der Waals surface area contributed by atoms with Crippen LogP contribution >= 0.6 is 0 Å². The fraction of sp³-hybridized carbons (Fsp3) is 0.143. The van der Waals surface area contributed by atoms with E-state index in [9.17, 15) is 39.3 Å². The third-order valence-electron chi connectivity index (χ3n) is 3.91. The van der Waals surface area contributed by atoms with E-state index in [0.717, 1.165) is 0 Å². The van der Waals surface area contributed by atoms with Crippen molar-refractivity contribution in [1.82, 2.24) is 0 Å². The van der Waals surface area contributed by atoms with Gasteiger partial charge in [-0.1, -0.05) is 54.6 Å². The standard InChI is InChI=1S/C18H15S.C3H2F6O3S/c1-4-10-16(11-5-1)19(17-12-6-2-7-13-17)18-14-8-3-9-15-18;4-1(5)2(6,7)3(8,9)13(10,11)12/h1-15H;1H,(H,10,11,12)/q+1;/p-1. The summed E-state index contributed by atoms with van der Waals surface area (Å²) in [6, 6.07) is 32.2. The summed E-state index contributed by atoms with van der Waals surface area (Å²) in [7, 11) is -6.83. The van der Waals surface area contributed by atoms with Crippen molar-refractivity contribution in [2.75, 3.05) is 0 Å². The third-order valence-corrected chi connectivity index (χ3v) is 7.04. The highest BCUT2D eigenvalue weighted by Gasteiger charge is 2.67. The Morgan fingerprint density at radius 3 is 1.12 bits per heavy atom. The summed E-state index contributed by atoms with van der Waals surface area (Å²) in [6.07, 6.45) is -4.94. The number of hydrogen-bond acceptors (Lipinski definition) is 3. The van der Waals surface area contributed by atoms with E-state index in [1.807, 2.05) is 0 Å². The predicted octanol–water partition coefficient (Wildman–Crippen LogP) is 5.81. The van der Waals surface area contributed by atoms with Crippen molar-refractivity contribution in [3.05, 3.63) is 91.0 Å². The smallest absolute Gasteiger partial charge is 0.402 e. The second kappa shape index (κ2) is 10.4. The van der Waals surface area contributed by atoms with Gasteiger partial charge in [0.15, 0.2) is 24.8 Å². The van der Waals surface area contributed by atoms with Crippen molar-refractivity contribution in [3.63, 3.8) is 0 Å². The van der Waals surface area contributed by atoms with Crippen molar-refractivity contribution in [2.45, 2.75) is 32.3 Å². The molecule has 172 valence electrons. The summed E-state index contributed by atoms with van der Waals surface area (Å²) in [5.41, 5.74) is 0. The number of halogens is 6. The minimum Gasteiger partial charge on any atom is -0.743 e. The average molecular weight is 494 g/mol. The van der Waals surface area contributed by atoms with Crippen LogP contribution in [0.4, 0.5) is 26.3 Å². The largest absolute Gasteiger partial charge is 0.743 e. The molecule has 0 saturated heterocycles. The number of alkyl halides is 6. The Kier molecular flexibility index (Phi) is 8.38. The summed E-state index contributed by atoms with van der Waals surface area (Å²) in [4.78, 5) is 4.08. The molecule has 0 aliphatic carbocycles. The lowest BCUT2D eigenvalue weighted by molar-refractivity contribution is -0.227. The summed E-state index contributed by atoms with van der Waals surface area (Å²) in [6.45, 7) is 0. The van der Waals surface area contributed by atoms with Crippen molar-refractivity contribution in [1.29, 1.82) is 0 Å². The third kappa shape index (κ3) is 5.84. The molecular formula is C21H16F6O3S2. The highest BCUT2D eigenvalue weighted by molar-refractivity contribution is 7.97. The van der Waals surface area contributed by atoms with E-state index in [-0.39, 0.29) is 10.9 Å². The molecule has 0 spiro atoms.